The van der Waals surface area contributed by atoms with E-state index in [1.54, 1.807) is 0 Å². The fourth-order valence-electron chi connectivity index (χ4n) is 1.56. The highest BCUT2D eigenvalue weighted by molar-refractivity contribution is 5.69. The summed E-state index contributed by atoms with van der Waals surface area (Å²) < 4.78 is 5.15. The van der Waals surface area contributed by atoms with Crippen LogP contribution < -0.4 is 5.73 Å². The number of hydrogen-bond acceptors (Lipinski definition) is 3. The summed E-state index contributed by atoms with van der Waals surface area (Å²) in [6.45, 7) is 0.607. The van der Waals surface area contributed by atoms with Gasteiger partial charge in [-0.05, 0) is 42.9 Å². The molecule has 0 atom stereocenters. The molecule has 2 N–H and O–H groups in total. The van der Waals surface area contributed by atoms with E-state index >= 15 is 0 Å². The molecule has 3 nitrogen and oxygen atoms in total. The van der Waals surface area contributed by atoms with Gasteiger partial charge in [0.1, 0.15) is 0 Å². The minimum Gasteiger partial charge on any atom is -0.465 e. The molecule has 1 aliphatic carbocycles. The van der Waals surface area contributed by atoms with Crippen LogP contribution in [0.4, 0.5) is 5.69 Å². The SMILES string of the molecule is Nc1cccc(CCC(=O)OCC2CC2)c1. The molecular weight excluding hydrogens is 202 g/mol. The van der Waals surface area contributed by atoms with Crippen LogP contribution in [0.3, 0.4) is 0 Å². The van der Waals surface area contributed by atoms with Gasteiger partial charge < -0.3 is 10.5 Å². The Bertz CT molecular complexity index is 372. The molecule has 0 heterocycles. The van der Waals surface area contributed by atoms with Crippen molar-refractivity contribution < 1.29 is 9.53 Å². The third-order valence-corrected chi connectivity index (χ3v) is 2.75. The number of nitrogen functional groups attached to an aromatic ring is 1. The lowest BCUT2D eigenvalue weighted by molar-refractivity contribution is -0.144. The molecule has 0 bridgehead atoms. The van der Waals surface area contributed by atoms with Crippen LogP contribution in [-0.2, 0) is 16.0 Å². The van der Waals surface area contributed by atoms with Crippen LogP contribution >= 0.6 is 0 Å². The van der Waals surface area contributed by atoms with Gasteiger partial charge in [0.25, 0.3) is 0 Å². The van der Waals surface area contributed by atoms with Gasteiger partial charge in [-0.15, -0.1) is 0 Å². The first-order valence-corrected chi connectivity index (χ1v) is 5.74. The van der Waals surface area contributed by atoms with Crippen molar-refractivity contribution in [2.24, 2.45) is 5.92 Å². The Balaban J connectivity index is 1.71. The maximum absolute atomic E-state index is 11.4. The molecular formula is C13H17NO2. The van der Waals surface area contributed by atoms with Crippen molar-refractivity contribution in [3.63, 3.8) is 0 Å². The predicted octanol–water partition coefficient (Wildman–Crippen LogP) is 2.15. The maximum Gasteiger partial charge on any atom is 0.306 e. The van der Waals surface area contributed by atoms with Crippen molar-refractivity contribution in [3.8, 4) is 0 Å². The molecule has 1 saturated carbocycles. The van der Waals surface area contributed by atoms with E-state index in [1.165, 1.54) is 12.8 Å². The number of carbonyl (C=O) groups is 1. The van der Waals surface area contributed by atoms with Gasteiger partial charge in [0, 0.05) is 12.1 Å². The summed E-state index contributed by atoms with van der Waals surface area (Å²) >= 11 is 0. The van der Waals surface area contributed by atoms with Crippen molar-refractivity contribution in [1.82, 2.24) is 0 Å². The quantitative estimate of drug-likeness (QED) is 0.610. The highest BCUT2D eigenvalue weighted by atomic mass is 16.5. The van der Waals surface area contributed by atoms with Crippen LogP contribution in [0.2, 0.25) is 0 Å². The number of carbonyl (C=O) groups excluding carboxylic acids is 1. The monoisotopic (exact) mass is 219 g/mol. The highest BCUT2D eigenvalue weighted by Crippen LogP contribution is 2.28. The molecule has 3 heteroatoms. The Morgan fingerprint density at radius 3 is 2.94 bits per heavy atom. The summed E-state index contributed by atoms with van der Waals surface area (Å²) in [6, 6.07) is 7.62. The molecule has 0 amide bonds. The summed E-state index contributed by atoms with van der Waals surface area (Å²) in [5.74, 6) is 0.533. The largest absolute Gasteiger partial charge is 0.465 e. The minimum atomic E-state index is -0.102. The van der Waals surface area contributed by atoms with E-state index < -0.39 is 0 Å². The number of nitrogens with two attached hydrogens (primary N) is 1. The molecule has 1 aliphatic rings. The van der Waals surface area contributed by atoms with Gasteiger partial charge in [-0.1, -0.05) is 12.1 Å². The molecule has 16 heavy (non-hydrogen) atoms. The van der Waals surface area contributed by atoms with E-state index in [4.69, 9.17) is 10.5 Å². The smallest absolute Gasteiger partial charge is 0.306 e. The molecule has 0 spiro atoms. The molecule has 1 fully saturated rings. The number of hydrogen-bond donors (Lipinski definition) is 1. The summed E-state index contributed by atoms with van der Waals surface area (Å²) in [7, 11) is 0. The summed E-state index contributed by atoms with van der Waals surface area (Å²) in [5, 5.41) is 0. The number of esters is 1. The van der Waals surface area contributed by atoms with E-state index in [1.807, 2.05) is 24.3 Å². The molecule has 0 aromatic heterocycles. The fourth-order valence-corrected chi connectivity index (χ4v) is 1.56. The average molecular weight is 219 g/mol. The third-order valence-electron chi connectivity index (χ3n) is 2.75. The lowest BCUT2D eigenvalue weighted by Gasteiger charge is -2.04. The number of benzene rings is 1. The Hall–Kier alpha value is -1.51. The van der Waals surface area contributed by atoms with Gasteiger partial charge >= 0.3 is 5.97 Å². The first-order chi connectivity index (χ1) is 7.74. The normalized spacial score (nSPS) is 14.8. The van der Waals surface area contributed by atoms with Crippen molar-refractivity contribution >= 4 is 11.7 Å². The second-order valence-electron chi connectivity index (χ2n) is 4.37. The first-order valence-electron chi connectivity index (χ1n) is 5.74. The maximum atomic E-state index is 11.4. The van der Waals surface area contributed by atoms with Crippen molar-refractivity contribution in [1.29, 1.82) is 0 Å². The van der Waals surface area contributed by atoms with Crippen LogP contribution in [0.1, 0.15) is 24.8 Å². The molecule has 1 aromatic carbocycles. The van der Waals surface area contributed by atoms with E-state index in [0.29, 0.717) is 25.4 Å². The second kappa shape index (κ2) is 5.01. The average Bonchev–Trinajstić information content (AvgIpc) is 3.07. The van der Waals surface area contributed by atoms with E-state index in [2.05, 4.69) is 0 Å². The van der Waals surface area contributed by atoms with E-state index in [-0.39, 0.29) is 5.97 Å². The lowest BCUT2D eigenvalue weighted by atomic mass is 10.1. The van der Waals surface area contributed by atoms with Gasteiger partial charge in [0.2, 0.25) is 0 Å². The van der Waals surface area contributed by atoms with Gasteiger partial charge in [0.15, 0.2) is 0 Å². The van der Waals surface area contributed by atoms with Crippen LogP contribution in [0, 0.1) is 5.92 Å². The summed E-state index contributed by atoms with van der Waals surface area (Å²) in [4.78, 5) is 11.4. The molecule has 0 radical (unpaired) electrons. The zero-order valence-corrected chi connectivity index (χ0v) is 9.32. The van der Waals surface area contributed by atoms with Crippen molar-refractivity contribution in [2.45, 2.75) is 25.7 Å². The van der Waals surface area contributed by atoms with Gasteiger partial charge in [-0.2, -0.15) is 0 Å². The lowest BCUT2D eigenvalue weighted by Crippen LogP contribution is -2.08. The van der Waals surface area contributed by atoms with E-state index in [9.17, 15) is 4.79 Å². The Morgan fingerprint density at radius 2 is 2.25 bits per heavy atom. The third kappa shape index (κ3) is 3.57. The molecule has 86 valence electrons. The Kier molecular flexibility index (Phi) is 3.44. The molecule has 0 unspecified atom stereocenters. The zero-order valence-electron chi connectivity index (χ0n) is 9.32. The first kappa shape index (κ1) is 11.0. The Morgan fingerprint density at radius 1 is 1.44 bits per heavy atom. The molecule has 1 aromatic rings. The van der Waals surface area contributed by atoms with Crippen LogP contribution in [-0.4, -0.2) is 12.6 Å². The number of anilines is 1. The van der Waals surface area contributed by atoms with Gasteiger partial charge in [-0.25, -0.2) is 0 Å². The van der Waals surface area contributed by atoms with Gasteiger partial charge in [-0.3, -0.25) is 4.79 Å². The highest BCUT2D eigenvalue weighted by Gasteiger charge is 2.22. The van der Waals surface area contributed by atoms with Gasteiger partial charge in [0.05, 0.1) is 6.61 Å². The summed E-state index contributed by atoms with van der Waals surface area (Å²) in [5.41, 5.74) is 7.48. The summed E-state index contributed by atoms with van der Waals surface area (Å²) in [6.07, 6.45) is 3.57. The molecule has 2 rings (SSSR count). The van der Waals surface area contributed by atoms with Crippen molar-refractivity contribution in [3.05, 3.63) is 29.8 Å². The topological polar surface area (TPSA) is 52.3 Å². The van der Waals surface area contributed by atoms with Crippen LogP contribution in [0.5, 0.6) is 0 Å². The second-order valence-corrected chi connectivity index (χ2v) is 4.37. The number of rotatable bonds is 5. The predicted molar refractivity (Wildman–Crippen MR) is 62.9 cm³/mol. The van der Waals surface area contributed by atoms with Crippen LogP contribution in [0.15, 0.2) is 24.3 Å². The van der Waals surface area contributed by atoms with Crippen molar-refractivity contribution in [2.75, 3.05) is 12.3 Å². The number of aryl methyl sites for hydroxylation is 1. The van der Waals surface area contributed by atoms with Crippen LogP contribution in [0.25, 0.3) is 0 Å². The molecule has 0 saturated heterocycles. The molecule has 0 aliphatic heterocycles. The Labute approximate surface area is 95.6 Å². The zero-order chi connectivity index (χ0) is 11.4. The fraction of sp³-hybridized carbons (Fsp3) is 0.462. The van der Waals surface area contributed by atoms with E-state index in [0.717, 1.165) is 11.3 Å². The number of ether oxygens (including phenoxy) is 1. The minimum absolute atomic E-state index is 0.102. The standard InChI is InChI=1S/C13H17NO2/c14-12-3-1-2-10(8-12)6-7-13(15)16-9-11-4-5-11/h1-3,8,11H,4-7,9,14H2.